The summed E-state index contributed by atoms with van der Waals surface area (Å²) in [6, 6.07) is 6.66. The molecule has 0 bridgehead atoms. The normalized spacial score (nSPS) is 16.6. The summed E-state index contributed by atoms with van der Waals surface area (Å²) < 4.78 is 19.1. The number of hydrogen-bond acceptors (Lipinski definition) is 3. The number of methoxy groups -OCH3 is 1. The zero-order chi connectivity index (χ0) is 15.8. The molecule has 122 valence electrons. The van der Waals surface area contributed by atoms with Gasteiger partial charge in [-0.05, 0) is 18.9 Å². The van der Waals surface area contributed by atoms with Crippen molar-refractivity contribution >= 4 is 5.91 Å². The Labute approximate surface area is 131 Å². The van der Waals surface area contributed by atoms with Crippen LogP contribution in [0.2, 0.25) is 0 Å². The Balaban J connectivity index is 1.96. The van der Waals surface area contributed by atoms with E-state index in [4.69, 9.17) is 4.74 Å². The predicted molar refractivity (Wildman–Crippen MR) is 84.3 cm³/mol. The zero-order valence-electron chi connectivity index (χ0n) is 13.2. The van der Waals surface area contributed by atoms with Gasteiger partial charge in [-0.3, -0.25) is 4.79 Å². The third-order valence-electron chi connectivity index (χ3n) is 4.35. The summed E-state index contributed by atoms with van der Waals surface area (Å²) in [5.74, 6) is -0.332. The van der Waals surface area contributed by atoms with Crippen LogP contribution in [0.1, 0.15) is 31.2 Å². The Morgan fingerprint density at radius 2 is 1.95 bits per heavy atom. The molecule has 4 nitrogen and oxygen atoms in total. The number of hydrogen-bond donors (Lipinski definition) is 2. The first-order valence-corrected chi connectivity index (χ1v) is 7.94. The molecule has 1 aromatic rings. The van der Waals surface area contributed by atoms with E-state index in [1.54, 1.807) is 25.3 Å². The molecule has 1 aliphatic carbocycles. The highest BCUT2D eigenvalue weighted by Gasteiger charge is 2.43. The maximum Gasteiger partial charge on any atom is 0.230 e. The van der Waals surface area contributed by atoms with Gasteiger partial charge in [0.1, 0.15) is 5.82 Å². The molecule has 1 amide bonds. The zero-order valence-corrected chi connectivity index (χ0v) is 13.2. The van der Waals surface area contributed by atoms with Gasteiger partial charge in [-0.2, -0.15) is 0 Å². The third-order valence-corrected chi connectivity index (χ3v) is 4.35. The number of amides is 1. The fraction of sp³-hybridized carbons (Fsp3) is 0.588. The molecule has 1 aromatic carbocycles. The van der Waals surface area contributed by atoms with E-state index in [2.05, 4.69) is 10.6 Å². The third kappa shape index (κ3) is 3.84. The average molecular weight is 308 g/mol. The first-order chi connectivity index (χ1) is 10.7. The maximum atomic E-state index is 14.2. The molecule has 0 radical (unpaired) electrons. The number of rotatable bonds is 8. The Morgan fingerprint density at radius 3 is 2.64 bits per heavy atom. The Hall–Kier alpha value is -1.46. The van der Waals surface area contributed by atoms with Crippen molar-refractivity contribution in [3.05, 3.63) is 35.6 Å². The molecule has 2 rings (SSSR count). The second-order valence-electron chi connectivity index (χ2n) is 5.77. The quantitative estimate of drug-likeness (QED) is 0.722. The monoisotopic (exact) mass is 308 g/mol. The number of carbonyl (C=O) groups is 1. The summed E-state index contributed by atoms with van der Waals surface area (Å²) in [5.41, 5.74) is -0.157. The standard InChI is InChI=1S/C17H25FN2O2/c1-22-13-12-19-10-11-20-16(21)17(8-4-5-9-17)14-6-2-3-7-15(14)18/h2-3,6-7,19H,4-5,8-13H2,1H3,(H,20,21). The van der Waals surface area contributed by atoms with Crippen LogP contribution < -0.4 is 10.6 Å². The molecule has 22 heavy (non-hydrogen) atoms. The molecule has 0 heterocycles. The molecule has 0 aromatic heterocycles. The van der Waals surface area contributed by atoms with Gasteiger partial charge in [-0.1, -0.05) is 31.0 Å². The highest BCUT2D eigenvalue weighted by Crippen LogP contribution is 2.42. The molecule has 1 saturated carbocycles. The van der Waals surface area contributed by atoms with Crippen molar-refractivity contribution in [1.29, 1.82) is 0 Å². The van der Waals surface area contributed by atoms with Crippen molar-refractivity contribution < 1.29 is 13.9 Å². The Kier molecular flexibility index (Phi) is 6.34. The van der Waals surface area contributed by atoms with Crippen LogP contribution >= 0.6 is 0 Å². The highest BCUT2D eigenvalue weighted by molar-refractivity contribution is 5.88. The van der Waals surface area contributed by atoms with Crippen LogP contribution in [0.5, 0.6) is 0 Å². The van der Waals surface area contributed by atoms with Crippen LogP contribution in [0.15, 0.2) is 24.3 Å². The Morgan fingerprint density at radius 1 is 1.23 bits per heavy atom. The second kappa shape index (κ2) is 8.25. The van der Waals surface area contributed by atoms with E-state index in [0.717, 1.165) is 32.2 Å². The van der Waals surface area contributed by atoms with Gasteiger partial charge >= 0.3 is 0 Å². The molecular weight excluding hydrogens is 283 g/mol. The van der Waals surface area contributed by atoms with Crippen LogP contribution in [0, 0.1) is 5.82 Å². The number of benzene rings is 1. The molecule has 2 N–H and O–H groups in total. The van der Waals surface area contributed by atoms with Crippen LogP contribution in [0.3, 0.4) is 0 Å². The van der Waals surface area contributed by atoms with Gasteiger partial charge in [-0.15, -0.1) is 0 Å². The van der Waals surface area contributed by atoms with Gasteiger partial charge in [0.2, 0.25) is 5.91 Å². The van der Waals surface area contributed by atoms with E-state index in [0.29, 0.717) is 25.3 Å². The Bertz CT molecular complexity index is 487. The van der Waals surface area contributed by atoms with Gasteiger partial charge < -0.3 is 15.4 Å². The number of halogens is 1. The smallest absolute Gasteiger partial charge is 0.230 e. The predicted octanol–water partition coefficient (Wildman–Crippen LogP) is 1.99. The van der Waals surface area contributed by atoms with Crippen LogP contribution in [0.4, 0.5) is 4.39 Å². The summed E-state index contributed by atoms with van der Waals surface area (Å²) in [7, 11) is 1.65. The topological polar surface area (TPSA) is 50.4 Å². The first kappa shape index (κ1) is 16.9. The first-order valence-electron chi connectivity index (χ1n) is 7.94. The molecule has 0 atom stereocenters. The van der Waals surface area contributed by atoms with Gasteiger partial charge in [-0.25, -0.2) is 4.39 Å². The molecule has 5 heteroatoms. The lowest BCUT2D eigenvalue weighted by molar-refractivity contribution is -0.126. The van der Waals surface area contributed by atoms with E-state index >= 15 is 0 Å². The minimum absolute atomic E-state index is 0.0522. The fourth-order valence-electron chi connectivity index (χ4n) is 3.18. The molecule has 1 fully saturated rings. The minimum atomic E-state index is -0.697. The lowest BCUT2D eigenvalue weighted by atomic mass is 9.77. The lowest BCUT2D eigenvalue weighted by Gasteiger charge is -2.28. The van der Waals surface area contributed by atoms with Gasteiger partial charge in [0.15, 0.2) is 0 Å². The number of carbonyl (C=O) groups excluding carboxylic acids is 1. The number of nitrogens with one attached hydrogen (secondary N) is 2. The molecule has 0 unspecified atom stereocenters. The molecule has 1 aliphatic rings. The van der Waals surface area contributed by atoms with E-state index in [1.165, 1.54) is 6.07 Å². The SMILES string of the molecule is COCCNCCNC(=O)C1(c2ccccc2F)CCCC1. The van der Waals surface area contributed by atoms with Crippen LogP contribution in [-0.2, 0) is 14.9 Å². The van der Waals surface area contributed by atoms with E-state index < -0.39 is 5.41 Å². The average Bonchev–Trinajstić information content (AvgIpc) is 3.02. The highest BCUT2D eigenvalue weighted by atomic mass is 19.1. The van der Waals surface area contributed by atoms with Crippen LogP contribution in [0.25, 0.3) is 0 Å². The molecular formula is C17H25FN2O2. The van der Waals surface area contributed by atoms with Crippen molar-refractivity contribution in [2.24, 2.45) is 0 Å². The molecule has 0 aliphatic heterocycles. The summed E-state index contributed by atoms with van der Waals surface area (Å²) in [5, 5.41) is 6.14. The maximum absolute atomic E-state index is 14.2. The van der Waals surface area contributed by atoms with Gasteiger partial charge in [0, 0.05) is 32.3 Å². The molecule has 0 saturated heterocycles. The summed E-state index contributed by atoms with van der Waals surface area (Å²) in [6.45, 7) is 2.62. The van der Waals surface area contributed by atoms with Crippen LogP contribution in [-0.4, -0.2) is 39.3 Å². The van der Waals surface area contributed by atoms with E-state index in [-0.39, 0.29) is 11.7 Å². The van der Waals surface area contributed by atoms with Crippen molar-refractivity contribution in [2.45, 2.75) is 31.1 Å². The van der Waals surface area contributed by atoms with Gasteiger partial charge in [0.05, 0.1) is 12.0 Å². The summed E-state index contributed by atoms with van der Waals surface area (Å²) in [6.07, 6.45) is 3.37. The van der Waals surface area contributed by atoms with Crippen molar-refractivity contribution in [2.75, 3.05) is 33.4 Å². The van der Waals surface area contributed by atoms with E-state index in [1.807, 2.05) is 0 Å². The second-order valence-corrected chi connectivity index (χ2v) is 5.77. The summed E-state index contributed by atoms with van der Waals surface area (Å²) >= 11 is 0. The largest absolute Gasteiger partial charge is 0.383 e. The minimum Gasteiger partial charge on any atom is -0.383 e. The lowest BCUT2D eigenvalue weighted by Crippen LogP contribution is -2.45. The van der Waals surface area contributed by atoms with Crippen molar-refractivity contribution in [3.63, 3.8) is 0 Å². The van der Waals surface area contributed by atoms with E-state index in [9.17, 15) is 9.18 Å². The summed E-state index contributed by atoms with van der Waals surface area (Å²) in [4.78, 5) is 12.7. The van der Waals surface area contributed by atoms with Crippen molar-refractivity contribution in [1.82, 2.24) is 10.6 Å². The molecule has 0 spiro atoms. The fourth-order valence-corrected chi connectivity index (χ4v) is 3.18. The number of ether oxygens (including phenoxy) is 1. The van der Waals surface area contributed by atoms with Crippen molar-refractivity contribution in [3.8, 4) is 0 Å². The van der Waals surface area contributed by atoms with Gasteiger partial charge in [0.25, 0.3) is 0 Å².